The van der Waals surface area contributed by atoms with Crippen molar-refractivity contribution in [2.24, 2.45) is 5.10 Å². The number of carbonyl (C=O) groups excluding carboxylic acids is 2. The molecule has 1 aliphatic rings. The maximum atomic E-state index is 13.0. The number of imide groups is 1. The quantitative estimate of drug-likeness (QED) is 0.334. The van der Waals surface area contributed by atoms with Crippen LogP contribution in [0.25, 0.3) is 10.8 Å². The first-order chi connectivity index (χ1) is 15.0. The molecule has 0 unspecified atom stereocenters. The van der Waals surface area contributed by atoms with Crippen molar-refractivity contribution in [3.63, 3.8) is 0 Å². The number of hydrogen-bond donors (Lipinski definition) is 0. The van der Waals surface area contributed by atoms with Crippen LogP contribution in [0.4, 0.5) is 0 Å². The van der Waals surface area contributed by atoms with Crippen molar-refractivity contribution in [1.29, 1.82) is 0 Å². The van der Waals surface area contributed by atoms with Crippen LogP contribution in [0.15, 0.2) is 58.1 Å². The smallest absolute Gasteiger partial charge is 0.282 e. The minimum atomic E-state index is -0.447. The molecule has 31 heavy (non-hydrogen) atoms. The molecular weight excluding hydrogens is 460 g/mol. The van der Waals surface area contributed by atoms with Crippen molar-refractivity contribution in [2.75, 3.05) is 13.2 Å². The Morgan fingerprint density at radius 2 is 1.68 bits per heavy atom. The Balaban J connectivity index is 1.69. The summed E-state index contributed by atoms with van der Waals surface area (Å²) in [5, 5.41) is 6.66. The van der Waals surface area contributed by atoms with E-state index in [0.717, 1.165) is 16.8 Å². The van der Waals surface area contributed by atoms with E-state index >= 15 is 0 Å². The Kier molecular flexibility index (Phi) is 6.04. The van der Waals surface area contributed by atoms with Gasteiger partial charge in [0.05, 0.1) is 35.0 Å². The molecule has 0 spiro atoms. The second kappa shape index (κ2) is 8.89. The highest BCUT2D eigenvalue weighted by Gasteiger charge is 2.32. The van der Waals surface area contributed by atoms with Crippen molar-refractivity contribution in [3.05, 3.63) is 69.7 Å². The van der Waals surface area contributed by atoms with Gasteiger partial charge in [0, 0.05) is 5.39 Å². The zero-order chi connectivity index (χ0) is 22.0. The molecule has 0 atom stereocenters. The van der Waals surface area contributed by atoms with Crippen LogP contribution in [-0.2, 0) is 0 Å². The Bertz CT molecular complexity index is 1150. The molecule has 0 aliphatic carbocycles. The Labute approximate surface area is 188 Å². The molecule has 0 aromatic heterocycles. The summed E-state index contributed by atoms with van der Waals surface area (Å²) in [6, 6.07) is 14.4. The van der Waals surface area contributed by atoms with Crippen LogP contribution < -0.4 is 9.47 Å². The molecule has 2 amide bonds. The highest BCUT2D eigenvalue weighted by Crippen LogP contribution is 2.37. The van der Waals surface area contributed by atoms with Crippen molar-refractivity contribution >= 4 is 44.7 Å². The van der Waals surface area contributed by atoms with Crippen molar-refractivity contribution in [1.82, 2.24) is 5.01 Å². The lowest BCUT2D eigenvalue weighted by Crippen LogP contribution is -2.36. The van der Waals surface area contributed by atoms with E-state index in [0.29, 0.717) is 51.3 Å². The molecule has 3 aromatic rings. The summed E-state index contributed by atoms with van der Waals surface area (Å²) in [7, 11) is 0. The van der Waals surface area contributed by atoms with E-state index in [1.54, 1.807) is 30.3 Å². The van der Waals surface area contributed by atoms with Gasteiger partial charge in [-0.3, -0.25) is 9.59 Å². The number of nitrogens with zero attached hydrogens (tertiary/aromatic N) is 2. The lowest BCUT2D eigenvalue weighted by molar-refractivity contribution is 0.0616. The number of benzene rings is 3. The van der Waals surface area contributed by atoms with Crippen molar-refractivity contribution in [2.45, 2.75) is 20.3 Å². The molecule has 158 valence electrons. The lowest BCUT2D eigenvalue weighted by Gasteiger charge is -2.23. The molecule has 6 nitrogen and oxygen atoms in total. The molecule has 1 aliphatic heterocycles. The van der Waals surface area contributed by atoms with Gasteiger partial charge in [-0.15, -0.1) is 0 Å². The number of amides is 2. The van der Waals surface area contributed by atoms with Crippen LogP contribution >= 0.6 is 15.9 Å². The Morgan fingerprint density at radius 1 is 1.00 bits per heavy atom. The summed E-state index contributed by atoms with van der Waals surface area (Å²) in [6.45, 7) is 4.95. The highest BCUT2D eigenvalue weighted by atomic mass is 79.9. The zero-order valence-electron chi connectivity index (χ0n) is 17.2. The van der Waals surface area contributed by atoms with E-state index < -0.39 is 11.8 Å². The van der Waals surface area contributed by atoms with Crippen LogP contribution in [0.1, 0.15) is 46.5 Å². The number of ether oxygens (including phenoxy) is 2. The van der Waals surface area contributed by atoms with Crippen LogP contribution in [-0.4, -0.2) is 36.3 Å². The molecular formula is C24H21BrN2O4. The average Bonchev–Trinajstić information content (AvgIpc) is 2.77. The van der Waals surface area contributed by atoms with Gasteiger partial charge in [-0.1, -0.05) is 31.2 Å². The standard InChI is InChI=1S/C24H21BrN2O4/c1-3-11-31-22-19(25)12-15(13-20(22)30-4-2)14-26-27-23(28)17-9-5-7-16-8-6-10-18(21(16)17)24(27)29/h5-10,12-14H,3-4,11H2,1-2H3. The van der Waals surface area contributed by atoms with Gasteiger partial charge in [-0.2, -0.15) is 10.1 Å². The van der Waals surface area contributed by atoms with Gasteiger partial charge >= 0.3 is 0 Å². The molecule has 0 saturated heterocycles. The van der Waals surface area contributed by atoms with Gasteiger partial charge < -0.3 is 9.47 Å². The van der Waals surface area contributed by atoms with Gasteiger partial charge in [-0.25, -0.2) is 0 Å². The first-order valence-corrected chi connectivity index (χ1v) is 10.9. The largest absolute Gasteiger partial charge is 0.490 e. The van der Waals surface area contributed by atoms with E-state index in [1.807, 2.05) is 32.0 Å². The van der Waals surface area contributed by atoms with E-state index in [1.165, 1.54) is 6.21 Å². The fourth-order valence-electron chi connectivity index (χ4n) is 3.52. The van der Waals surface area contributed by atoms with E-state index in [2.05, 4.69) is 21.0 Å². The summed E-state index contributed by atoms with van der Waals surface area (Å²) < 4.78 is 12.2. The minimum Gasteiger partial charge on any atom is -0.490 e. The number of hydrogen-bond acceptors (Lipinski definition) is 5. The second-order valence-electron chi connectivity index (χ2n) is 6.99. The topological polar surface area (TPSA) is 68.2 Å². The molecule has 0 saturated carbocycles. The molecule has 0 bridgehead atoms. The fraction of sp³-hybridized carbons (Fsp3) is 0.208. The average molecular weight is 481 g/mol. The molecule has 1 heterocycles. The number of rotatable bonds is 7. The molecule has 7 heteroatoms. The highest BCUT2D eigenvalue weighted by molar-refractivity contribution is 9.10. The summed E-state index contributed by atoms with van der Waals surface area (Å²) in [5.41, 5.74) is 1.59. The normalized spacial score (nSPS) is 13.3. The van der Waals surface area contributed by atoms with E-state index in [9.17, 15) is 9.59 Å². The number of hydrazone groups is 1. The van der Waals surface area contributed by atoms with Crippen molar-refractivity contribution < 1.29 is 19.1 Å². The molecule has 4 rings (SSSR count). The first-order valence-electron chi connectivity index (χ1n) is 10.1. The monoisotopic (exact) mass is 480 g/mol. The Morgan fingerprint density at radius 3 is 2.29 bits per heavy atom. The first kappa shape index (κ1) is 21.1. The molecule has 0 N–H and O–H groups in total. The zero-order valence-corrected chi connectivity index (χ0v) is 18.8. The van der Waals surface area contributed by atoms with Crippen molar-refractivity contribution in [3.8, 4) is 11.5 Å². The third kappa shape index (κ3) is 3.93. The van der Waals surface area contributed by atoms with Gasteiger partial charge in [0.15, 0.2) is 11.5 Å². The minimum absolute atomic E-state index is 0.447. The van der Waals surface area contributed by atoms with Crippen LogP contribution in [0, 0.1) is 0 Å². The second-order valence-corrected chi connectivity index (χ2v) is 7.84. The SMILES string of the molecule is CCCOc1c(Br)cc(C=NN2C(=O)c3cccc4cccc(c34)C2=O)cc1OCC. The van der Waals surface area contributed by atoms with Crippen LogP contribution in [0.2, 0.25) is 0 Å². The third-order valence-electron chi connectivity index (χ3n) is 4.85. The summed E-state index contributed by atoms with van der Waals surface area (Å²) in [6.07, 6.45) is 2.34. The third-order valence-corrected chi connectivity index (χ3v) is 5.44. The Hall–Kier alpha value is -3.19. The van der Waals surface area contributed by atoms with Crippen LogP contribution in [0.5, 0.6) is 11.5 Å². The fourth-order valence-corrected chi connectivity index (χ4v) is 4.09. The molecule has 3 aromatic carbocycles. The maximum Gasteiger partial charge on any atom is 0.282 e. The van der Waals surface area contributed by atoms with Crippen LogP contribution in [0.3, 0.4) is 0 Å². The van der Waals surface area contributed by atoms with E-state index in [-0.39, 0.29) is 0 Å². The van der Waals surface area contributed by atoms with Gasteiger partial charge in [-0.05, 0) is 64.5 Å². The lowest BCUT2D eigenvalue weighted by atomic mass is 9.95. The predicted octanol–water partition coefficient (Wildman–Crippen LogP) is 5.42. The number of carbonyl (C=O) groups is 2. The maximum absolute atomic E-state index is 13.0. The van der Waals surface area contributed by atoms with Gasteiger partial charge in [0.2, 0.25) is 0 Å². The number of halogens is 1. The van der Waals surface area contributed by atoms with Gasteiger partial charge in [0.1, 0.15) is 0 Å². The summed E-state index contributed by atoms with van der Waals surface area (Å²) in [5.74, 6) is 0.292. The molecule has 0 fully saturated rings. The summed E-state index contributed by atoms with van der Waals surface area (Å²) in [4.78, 5) is 26.0. The molecule has 0 radical (unpaired) electrons. The summed E-state index contributed by atoms with van der Waals surface area (Å²) >= 11 is 3.51. The van der Waals surface area contributed by atoms with E-state index in [4.69, 9.17) is 9.47 Å². The van der Waals surface area contributed by atoms with Gasteiger partial charge in [0.25, 0.3) is 11.8 Å². The predicted molar refractivity (Wildman–Crippen MR) is 123 cm³/mol.